The number of phenols is 3. The molecule has 0 heterocycles. The second-order valence-electron chi connectivity index (χ2n) is 7.11. The van der Waals surface area contributed by atoms with Crippen molar-refractivity contribution in [3.05, 3.63) is 46.0 Å². The highest BCUT2D eigenvalue weighted by Crippen LogP contribution is 2.44. The van der Waals surface area contributed by atoms with Crippen molar-refractivity contribution in [1.29, 1.82) is 0 Å². The SMILES string of the molecule is Cc1cc(O)c2c(c1)C(=O)c1cc(O)c(NC(C(=O)O)C(C)C)c(O)c1C2=O. The first-order valence-electron chi connectivity index (χ1n) is 8.55. The number of hydrogen-bond donors (Lipinski definition) is 5. The number of phenolic OH excluding ortho intramolecular Hbond substituents is 3. The van der Waals surface area contributed by atoms with Crippen LogP contribution in [0.15, 0.2) is 18.2 Å². The van der Waals surface area contributed by atoms with E-state index < -0.39 is 52.3 Å². The van der Waals surface area contributed by atoms with Gasteiger partial charge in [-0.1, -0.05) is 13.8 Å². The summed E-state index contributed by atoms with van der Waals surface area (Å²) in [4.78, 5) is 37.2. The van der Waals surface area contributed by atoms with E-state index in [9.17, 15) is 34.8 Å². The maximum Gasteiger partial charge on any atom is 0.326 e. The zero-order valence-electron chi connectivity index (χ0n) is 15.4. The van der Waals surface area contributed by atoms with Crippen LogP contribution >= 0.6 is 0 Å². The van der Waals surface area contributed by atoms with Gasteiger partial charge in [-0.3, -0.25) is 9.59 Å². The van der Waals surface area contributed by atoms with Gasteiger partial charge in [0.15, 0.2) is 11.5 Å². The van der Waals surface area contributed by atoms with Crippen LogP contribution in [0.3, 0.4) is 0 Å². The molecule has 28 heavy (non-hydrogen) atoms. The largest absolute Gasteiger partial charge is 0.507 e. The molecule has 3 rings (SSSR count). The number of ketones is 2. The smallest absolute Gasteiger partial charge is 0.326 e. The fraction of sp³-hybridized carbons (Fsp3) is 0.250. The number of aliphatic carboxylic acids is 1. The van der Waals surface area contributed by atoms with Crippen LogP contribution in [0.25, 0.3) is 0 Å². The normalized spacial score (nSPS) is 13.9. The number of rotatable bonds is 4. The van der Waals surface area contributed by atoms with E-state index in [0.717, 1.165) is 6.07 Å². The first-order chi connectivity index (χ1) is 13.0. The lowest BCUT2D eigenvalue weighted by Crippen LogP contribution is -2.34. The molecule has 1 atom stereocenters. The predicted octanol–water partition coefficient (Wildman–Crippen LogP) is 2.41. The van der Waals surface area contributed by atoms with Gasteiger partial charge in [0.1, 0.15) is 23.2 Å². The summed E-state index contributed by atoms with van der Waals surface area (Å²) in [7, 11) is 0. The number of hydrogen-bond acceptors (Lipinski definition) is 7. The van der Waals surface area contributed by atoms with Gasteiger partial charge in [0.25, 0.3) is 0 Å². The summed E-state index contributed by atoms with van der Waals surface area (Å²) in [5.74, 6) is -4.76. The summed E-state index contributed by atoms with van der Waals surface area (Å²) in [5.41, 5.74) is -0.692. The molecule has 0 radical (unpaired) electrons. The Hall–Kier alpha value is -3.55. The lowest BCUT2D eigenvalue weighted by Gasteiger charge is -2.24. The Kier molecular flexibility index (Phi) is 4.50. The third-order valence-electron chi connectivity index (χ3n) is 4.72. The van der Waals surface area contributed by atoms with Gasteiger partial charge < -0.3 is 25.7 Å². The first kappa shape index (κ1) is 19.2. The molecule has 0 amide bonds. The number of carboxylic acid groups (broad SMARTS) is 1. The number of carboxylic acids is 1. The van der Waals surface area contributed by atoms with Gasteiger partial charge in [-0.25, -0.2) is 4.79 Å². The summed E-state index contributed by atoms with van der Waals surface area (Å²) in [5, 5.41) is 42.9. The number of carbonyl (C=O) groups excluding carboxylic acids is 2. The molecular weight excluding hydrogens is 366 g/mol. The molecule has 2 aromatic carbocycles. The van der Waals surface area contributed by atoms with E-state index in [1.807, 2.05) is 0 Å². The Balaban J connectivity index is 2.21. The molecule has 146 valence electrons. The standard InChI is InChI=1S/C20H19NO7/c1-7(2)15(20(27)28)21-16-12(23)6-10-14(19(16)26)18(25)13-9(17(10)24)4-8(3)5-11(13)22/h4-7,15,21-23,26H,1-3H3,(H,27,28). The van der Waals surface area contributed by atoms with Gasteiger partial charge in [0.2, 0.25) is 5.78 Å². The van der Waals surface area contributed by atoms with E-state index in [1.54, 1.807) is 20.8 Å². The van der Waals surface area contributed by atoms with E-state index in [2.05, 4.69) is 5.32 Å². The van der Waals surface area contributed by atoms with Gasteiger partial charge in [-0.05, 0) is 36.6 Å². The van der Waals surface area contributed by atoms with Gasteiger partial charge in [0.05, 0.1) is 11.1 Å². The molecule has 0 aliphatic heterocycles. The Bertz CT molecular complexity index is 1040. The fourth-order valence-corrected chi connectivity index (χ4v) is 3.33. The van der Waals surface area contributed by atoms with Crippen molar-refractivity contribution in [2.45, 2.75) is 26.8 Å². The lowest BCUT2D eigenvalue weighted by atomic mass is 9.81. The summed E-state index contributed by atoms with van der Waals surface area (Å²) >= 11 is 0. The van der Waals surface area contributed by atoms with E-state index in [-0.39, 0.29) is 22.4 Å². The van der Waals surface area contributed by atoms with E-state index in [0.29, 0.717) is 5.56 Å². The number of aryl methyl sites for hydroxylation is 1. The number of carbonyl (C=O) groups is 3. The molecule has 0 aromatic heterocycles. The summed E-state index contributed by atoms with van der Waals surface area (Å²) in [6.45, 7) is 4.90. The minimum Gasteiger partial charge on any atom is -0.507 e. The zero-order valence-corrected chi connectivity index (χ0v) is 15.4. The zero-order chi connectivity index (χ0) is 20.9. The summed E-state index contributed by atoms with van der Waals surface area (Å²) in [6, 6.07) is 2.62. The van der Waals surface area contributed by atoms with Crippen LogP contribution in [-0.4, -0.2) is 44.0 Å². The molecule has 0 spiro atoms. The number of aromatic hydroxyl groups is 3. The van der Waals surface area contributed by atoms with Crippen LogP contribution < -0.4 is 5.32 Å². The summed E-state index contributed by atoms with van der Waals surface area (Å²) in [6.07, 6.45) is 0. The molecule has 1 aliphatic carbocycles. The lowest BCUT2D eigenvalue weighted by molar-refractivity contribution is -0.138. The molecule has 2 aromatic rings. The van der Waals surface area contributed by atoms with E-state index >= 15 is 0 Å². The highest BCUT2D eigenvalue weighted by Gasteiger charge is 2.37. The van der Waals surface area contributed by atoms with Crippen LogP contribution in [0, 0.1) is 12.8 Å². The molecule has 0 fully saturated rings. The van der Waals surface area contributed by atoms with Crippen LogP contribution in [0.4, 0.5) is 5.69 Å². The number of benzene rings is 2. The molecule has 8 heteroatoms. The van der Waals surface area contributed by atoms with Crippen molar-refractivity contribution in [2.24, 2.45) is 5.92 Å². The van der Waals surface area contributed by atoms with Gasteiger partial charge in [0, 0.05) is 11.1 Å². The molecule has 8 nitrogen and oxygen atoms in total. The molecule has 0 saturated heterocycles. The van der Waals surface area contributed by atoms with Crippen LogP contribution in [0.2, 0.25) is 0 Å². The van der Waals surface area contributed by atoms with E-state index in [1.165, 1.54) is 12.1 Å². The third kappa shape index (κ3) is 2.83. The predicted molar refractivity (Wildman–Crippen MR) is 99.4 cm³/mol. The molecule has 1 unspecified atom stereocenters. The summed E-state index contributed by atoms with van der Waals surface area (Å²) < 4.78 is 0. The fourth-order valence-electron chi connectivity index (χ4n) is 3.33. The number of fused-ring (bicyclic) bond motifs is 2. The highest BCUT2D eigenvalue weighted by atomic mass is 16.4. The van der Waals surface area contributed by atoms with Crippen molar-refractivity contribution in [3.8, 4) is 17.2 Å². The van der Waals surface area contributed by atoms with Crippen LogP contribution in [0.5, 0.6) is 17.2 Å². The first-order valence-corrected chi connectivity index (χ1v) is 8.55. The molecular formula is C20H19NO7. The Morgan fingerprint density at radius 1 is 0.929 bits per heavy atom. The number of nitrogens with one attached hydrogen (secondary N) is 1. The molecule has 1 aliphatic rings. The second kappa shape index (κ2) is 6.56. The average Bonchev–Trinajstić information content (AvgIpc) is 2.57. The van der Waals surface area contributed by atoms with Gasteiger partial charge in [-0.2, -0.15) is 0 Å². The van der Waals surface area contributed by atoms with Crippen molar-refractivity contribution in [2.75, 3.05) is 5.32 Å². The monoisotopic (exact) mass is 385 g/mol. The Morgan fingerprint density at radius 2 is 1.54 bits per heavy atom. The minimum atomic E-state index is -1.22. The van der Waals surface area contributed by atoms with Crippen molar-refractivity contribution in [3.63, 3.8) is 0 Å². The molecule has 0 saturated carbocycles. The van der Waals surface area contributed by atoms with Crippen LogP contribution in [-0.2, 0) is 4.79 Å². The minimum absolute atomic E-state index is 0.0277. The quantitative estimate of drug-likeness (QED) is 0.431. The topological polar surface area (TPSA) is 144 Å². The Labute approximate surface area is 160 Å². The van der Waals surface area contributed by atoms with Crippen molar-refractivity contribution < 1.29 is 34.8 Å². The average molecular weight is 385 g/mol. The Morgan fingerprint density at radius 3 is 2.11 bits per heavy atom. The van der Waals surface area contributed by atoms with Crippen LogP contribution in [0.1, 0.15) is 51.3 Å². The maximum absolute atomic E-state index is 12.9. The molecule has 5 N–H and O–H groups in total. The maximum atomic E-state index is 12.9. The van der Waals surface area contributed by atoms with E-state index in [4.69, 9.17) is 0 Å². The third-order valence-corrected chi connectivity index (χ3v) is 4.72. The number of anilines is 1. The highest BCUT2D eigenvalue weighted by molar-refractivity contribution is 6.31. The second-order valence-corrected chi connectivity index (χ2v) is 7.11. The van der Waals surface area contributed by atoms with Crippen molar-refractivity contribution in [1.82, 2.24) is 0 Å². The molecule has 0 bridgehead atoms. The van der Waals surface area contributed by atoms with Gasteiger partial charge in [-0.15, -0.1) is 0 Å². The van der Waals surface area contributed by atoms with Crippen molar-refractivity contribution >= 4 is 23.2 Å². The van der Waals surface area contributed by atoms with Gasteiger partial charge >= 0.3 is 5.97 Å².